The number of hydrogen-bond donors (Lipinski definition) is 3. The van der Waals surface area contributed by atoms with Crippen LogP contribution in [0.1, 0.15) is 37.8 Å². The van der Waals surface area contributed by atoms with Crippen LogP contribution in [0.15, 0.2) is 33.4 Å². The number of para-hydroxylation sites is 1. The third kappa shape index (κ3) is 6.47. The highest BCUT2D eigenvalue weighted by Gasteiger charge is 2.44. The molecule has 39 heavy (non-hydrogen) atoms. The maximum absolute atomic E-state index is 13.9. The van der Waals surface area contributed by atoms with Gasteiger partial charge >= 0.3 is 0 Å². The summed E-state index contributed by atoms with van der Waals surface area (Å²) in [4.78, 5) is 58.4. The molecule has 1 aromatic rings. The topological polar surface area (TPSA) is 154 Å². The lowest BCUT2D eigenvalue weighted by molar-refractivity contribution is -0.134. The zero-order valence-electron chi connectivity index (χ0n) is 22.1. The molecule has 0 spiro atoms. The molecule has 0 unspecified atom stereocenters. The lowest BCUT2D eigenvalue weighted by Crippen LogP contribution is -2.58. The number of amidine groups is 1. The van der Waals surface area contributed by atoms with Crippen LogP contribution in [0.25, 0.3) is 0 Å². The molecule has 0 saturated heterocycles. The minimum Gasteiger partial charge on any atom is -0.369 e. The number of amides is 4. The van der Waals surface area contributed by atoms with Crippen LogP contribution in [0.3, 0.4) is 0 Å². The molecule has 0 aliphatic carbocycles. The zero-order valence-corrected chi connectivity index (χ0v) is 22.1. The number of halogens is 1. The van der Waals surface area contributed by atoms with E-state index in [4.69, 9.17) is 4.74 Å². The first kappa shape index (κ1) is 28.3. The Kier molecular flexibility index (Phi) is 9.33. The second-order valence-corrected chi connectivity index (χ2v) is 9.80. The molecule has 1 aromatic carbocycles. The summed E-state index contributed by atoms with van der Waals surface area (Å²) in [5.74, 6) is -1.60. The van der Waals surface area contributed by atoms with Gasteiger partial charge in [-0.25, -0.2) is 9.38 Å². The molecule has 0 fully saturated rings. The van der Waals surface area contributed by atoms with Gasteiger partial charge in [0.05, 0.1) is 18.8 Å². The number of azo groups is 1. The lowest BCUT2D eigenvalue weighted by atomic mass is 9.97. The van der Waals surface area contributed by atoms with Gasteiger partial charge in [-0.15, -0.1) is 5.11 Å². The van der Waals surface area contributed by atoms with Crippen LogP contribution in [0, 0.1) is 5.92 Å². The summed E-state index contributed by atoms with van der Waals surface area (Å²) in [6.45, 7) is 2.74. The summed E-state index contributed by atoms with van der Waals surface area (Å²) in [5, 5.41) is 15.9. The molecule has 4 amide bonds. The number of hydrogen-bond acceptors (Lipinski definition) is 8. The Bertz CT molecular complexity index is 1170. The van der Waals surface area contributed by atoms with E-state index in [1.807, 2.05) is 32.0 Å². The van der Waals surface area contributed by atoms with Gasteiger partial charge in [0.25, 0.3) is 0 Å². The zero-order chi connectivity index (χ0) is 27.9. The Morgan fingerprint density at radius 1 is 1.26 bits per heavy atom. The monoisotopic (exact) mass is 543 g/mol. The number of aliphatic imine (C=N–C) groups is 1. The van der Waals surface area contributed by atoms with Crippen molar-refractivity contribution in [2.45, 2.75) is 57.7 Å². The molecule has 210 valence electrons. The Hall–Kier alpha value is -3.74. The summed E-state index contributed by atoms with van der Waals surface area (Å²) >= 11 is 0. The first-order valence-corrected chi connectivity index (χ1v) is 13.2. The van der Waals surface area contributed by atoms with E-state index >= 15 is 0 Å². The van der Waals surface area contributed by atoms with Gasteiger partial charge in [-0.2, -0.15) is 5.11 Å². The van der Waals surface area contributed by atoms with Crippen LogP contribution in [-0.4, -0.2) is 80.7 Å². The number of anilines is 1. The maximum Gasteiger partial charge on any atom is 0.250 e. The molecule has 3 N–H and O–H groups in total. The predicted octanol–water partition coefficient (Wildman–Crippen LogP) is 0.830. The third-order valence-corrected chi connectivity index (χ3v) is 7.22. The third-order valence-electron chi connectivity index (χ3n) is 7.22. The molecule has 4 rings (SSSR count). The van der Waals surface area contributed by atoms with Crippen molar-refractivity contribution in [3.63, 3.8) is 0 Å². The van der Waals surface area contributed by atoms with E-state index in [0.29, 0.717) is 37.2 Å². The van der Waals surface area contributed by atoms with Crippen LogP contribution in [0.4, 0.5) is 10.1 Å². The number of alkyl halides is 1. The van der Waals surface area contributed by atoms with Crippen LogP contribution < -0.4 is 20.9 Å². The summed E-state index contributed by atoms with van der Waals surface area (Å²) < 4.78 is 17.2. The van der Waals surface area contributed by atoms with Gasteiger partial charge in [0, 0.05) is 6.42 Å². The number of aryl methyl sites for hydroxylation is 1. The Morgan fingerprint density at radius 2 is 2.05 bits per heavy atom. The number of ether oxygens (including phenoxy) is 1. The van der Waals surface area contributed by atoms with Crippen LogP contribution in [0.5, 0.6) is 0 Å². The summed E-state index contributed by atoms with van der Waals surface area (Å²) in [6.07, 6.45) is 1.80. The Balaban J connectivity index is 1.50. The number of carbonyl (C=O) groups is 4. The number of rotatable bonds is 12. The molecule has 4 atom stereocenters. The molecule has 3 heterocycles. The molecule has 3 aliphatic heterocycles. The van der Waals surface area contributed by atoms with Crippen molar-refractivity contribution in [2.75, 3.05) is 38.0 Å². The van der Waals surface area contributed by atoms with E-state index in [1.54, 1.807) is 0 Å². The van der Waals surface area contributed by atoms with Gasteiger partial charge in [-0.3, -0.25) is 24.1 Å². The largest absolute Gasteiger partial charge is 0.369 e. The van der Waals surface area contributed by atoms with E-state index in [2.05, 4.69) is 31.2 Å². The van der Waals surface area contributed by atoms with E-state index in [1.165, 1.54) is 4.90 Å². The summed E-state index contributed by atoms with van der Waals surface area (Å²) in [6, 6.07) is 3.14. The van der Waals surface area contributed by atoms with Gasteiger partial charge in [0.1, 0.15) is 31.4 Å². The van der Waals surface area contributed by atoms with Crippen LogP contribution in [-0.2, 0) is 36.8 Å². The highest BCUT2D eigenvalue weighted by Crippen LogP contribution is 2.39. The van der Waals surface area contributed by atoms with Gasteiger partial charge in [-0.05, 0) is 29.9 Å². The number of benzene rings is 1. The van der Waals surface area contributed by atoms with Crippen molar-refractivity contribution in [3.05, 3.63) is 29.3 Å². The standard InChI is InChI=1S/C26H34FN7O5/c1-3-15(2)22(32-21(35)13-39-10-9-27)25(37)31-18-8-7-16-5-4-6-17-11-19(34(23(16)17)26(18)38)24(36)28-12-20-29-14-30-33-20/h4-6,15,18-19,22H,3,7-14H2,1-2H3,(H,28,36)(H,31,37)(H,32,35)/t15-,18-,19-,22-/m0/s1. The van der Waals surface area contributed by atoms with Crippen molar-refractivity contribution < 1.29 is 28.3 Å². The fourth-order valence-electron chi connectivity index (χ4n) is 5.01. The van der Waals surface area contributed by atoms with Crippen molar-refractivity contribution in [1.29, 1.82) is 0 Å². The van der Waals surface area contributed by atoms with E-state index in [9.17, 15) is 23.6 Å². The second kappa shape index (κ2) is 12.9. The van der Waals surface area contributed by atoms with E-state index < -0.39 is 36.6 Å². The molecular weight excluding hydrogens is 509 g/mol. The smallest absolute Gasteiger partial charge is 0.250 e. The molecule has 0 aromatic heterocycles. The van der Waals surface area contributed by atoms with Crippen molar-refractivity contribution in [1.82, 2.24) is 16.0 Å². The van der Waals surface area contributed by atoms with E-state index in [-0.39, 0.29) is 44.2 Å². The predicted molar refractivity (Wildman–Crippen MR) is 140 cm³/mol. The van der Waals surface area contributed by atoms with Crippen molar-refractivity contribution in [3.8, 4) is 0 Å². The molecule has 0 radical (unpaired) electrons. The van der Waals surface area contributed by atoms with Crippen molar-refractivity contribution >= 4 is 35.2 Å². The van der Waals surface area contributed by atoms with Crippen molar-refractivity contribution in [2.24, 2.45) is 21.1 Å². The average Bonchev–Trinajstić information content (AvgIpc) is 3.57. The Morgan fingerprint density at radius 3 is 2.77 bits per heavy atom. The molecule has 3 aliphatic rings. The first-order chi connectivity index (χ1) is 18.8. The summed E-state index contributed by atoms with van der Waals surface area (Å²) in [5.41, 5.74) is 2.54. The normalized spacial score (nSPS) is 21.1. The molecule has 13 heteroatoms. The quantitative estimate of drug-likeness (QED) is 0.333. The fraction of sp³-hybridized carbons (Fsp3) is 0.577. The molecule has 0 saturated carbocycles. The van der Waals surface area contributed by atoms with Gasteiger partial charge < -0.3 is 20.7 Å². The van der Waals surface area contributed by atoms with Gasteiger partial charge in [-0.1, -0.05) is 38.5 Å². The summed E-state index contributed by atoms with van der Waals surface area (Å²) in [7, 11) is 0. The molecule has 0 bridgehead atoms. The van der Waals surface area contributed by atoms with Crippen LogP contribution >= 0.6 is 0 Å². The molecular formula is C26H34FN7O5. The highest BCUT2D eigenvalue weighted by atomic mass is 19.1. The lowest BCUT2D eigenvalue weighted by Gasteiger charge is -2.29. The first-order valence-electron chi connectivity index (χ1n) is 13.2. The van der Waals surface area contributed by atoms with E-state index in [0.717, 1.165) is 11.1 Å². The average molecular weight is 544 g/mol. The maximum atomic E-state index is 13.9. The molecule has 12 nitrogen and oxygen atoms in total. The highest BCUT2D eigenvalue weighted by molar-refractivity contribution is 6.08. The minimum atomic E-state index is -0.913. The Labute approximate surface area is 225 Å². The fourth-order valence-corrected chi connectivity index (χ4v) is 5.01. The number of nitrogens with one attached hydrogen (secondary N) is 3. The van der Waals surface area contributed by atoms with Crippen LogP contribution in [0.2, 0.25) is 0 Å². The number of carbonyl (C=O) groups excluding carboxylic acids is 4. The second-order valence-electron chi connectivity index (χ2n) is 9.80. The minimum absolute atomic E-state index is 0.107. The SMILES string of the molecule is CC[C@H](C)[C@H](NC(=O)COCCF)C(=O)N[C@H]1CCc2cccc3c2N(C1=O)[C@H](C(=O)NCC1=NCN=N1)C3. The van der Waals surface area contributed by atoms with Gasteiger partial charge in [0.2, 0.25) is 23.6 Å². The van der Waals surface area contributed by atoms with Gasteiger partial charge in [0.15, 0.2) is 12.5 Å². The number of nitrogens with zero attached hydrogens (tertiary/aromatic N) is 4.